The fourth-order valence-electron chi connectivity index (χ4n) is 4.94. The zero-order valence-corrected chi connectivity index (χ0v) is 22.8. The topological polar surface area (TPSA) is 33.2 Å². The third kappa shape index (κ3) is 6.04. The molecule has 0 unspecified atom stereocenters. The van der Waals surface area contributed by atoms with Gasteiger partial charge in [-0.25, -0.2) is 0 Å². The van der Waals surface area contributed by atoms with Gasteiger partial charge in [-0.15, -0.1) is 0 Å². The molecular formula is C25H38N4OS3. The fraction of sp³-hybridized carbons (Fsp3) is 0.640. The van der Waals surface area contributed by atoms with Crippen LogP contribution in [0.3, 0.4) is 0 Å². The van der Waals surface area contributed by atoms with Crippen LogP contribution in [-0.2, 0) is 19.5 Å². The molecule has 0 spiro atoms. The van der Waals surface area contributed by atoms with Crippen LogP contribution in [0.25, 0.3) is 10.4 Å². The zero-order valence-electron chi connectivity index (χ0n) is 20.3. The van der Waals surface area contributed by atoms with Crippen molar-refractivity contribution in [2.45, 2.75) is 40.3 Å². The number of piperazine rings is 2. The molecule has 0 atom stereocenters. The number of likely N-dealkylation sites (N-methyl/N-ethyl adjacent to an activating group) is 2. The normalized spacial score (nSPS) is 19.4. The third-order valence-corrected chi connectivity index (χ3v) is 10.4. The smallest absolute Gasteiger partial charge is 0.124 e. The third-order valence-electron chi connectivity index (χ3n) is 7.22. The summed E-state index contributed by atoms with van der Waals surface area (Å²) in [6.45, 7) is 19.2. The molecule has 2 aliphatic heterocycles. The maximum absolute atomic E-state index is 11.4. The highest BCUT2D eigenvalue weighted by Gasteiger charge is 2.22. The van der Waals surface area contributed by atoms with E-state index >= 15 is 0 Å². The van der Waals surface area contributed by atoms with Gasteiger partial charge >= 0.3 is 0 Å². The quantitative estimate of drug-likeness (QED) is 0.411. The van der Waals surface area contributed by atoms with Gasteiger partial charge in [0.1, 0.15) is 9.57 Å². The highest BCUT2D eigenvalue weighted by molar-refractivity contribution is 7.80. The van der Waals surface area contributed by atoms with Gasteiger partial charge < -0.3 is 14.9 Å². The van der Waals surface area contributed by atoms with E-state index in [1.54, 1.807) is 20.7 Å². The van der Waals surface area contributed by atoms with E-state index in [1.807, 2.05) is 0 Å². The van der Waals surface area contributed by atoms with Crippen molar-refractivity contribution in [2.75, 3.05) is 65.4 Å². The Balaban J connectivity index is 1.62. The number of nitrogens with zero attached hydrogens (tertiary/aromatic N) is 4. The van der Waals surface area contributed by atoms with Crippen LogP contribution in [-0.4, -0.2) is 90.2 Å². The summed E-state index contributed by atoms with van der Waals surface area (Å²) in [5, 5.41) is 11.4. The average Bonchev–Trinajstić information content (AvgIpc) is 3.22. The summed E-state index contributed by atoms with van der Waals surface area (Å²) in [4.78, 5) is 11.3. The van der Waals surface area contributed by atoms with Crippen molar-refractivity contribution in [2.24, 2.45) is 0 Å². The molecule has 0 radical (unpaired) electrons. The lowest BCUT2D eigenvalue weighted by atomic mass is 9.99. The minimum absolute atomic E-state index is 0.492. The van der Waals surface area contributed by atoms with Crippen LogP contribution in [0.5, 0.6) is 5.75 Å². The van der Waals surface area contributed by atoms with E-state index in [-0.39, 0.29) is 0 Å². The average molecular weight is 507 g/mol. The van der Waals surface area contributed by atoms with E-state index in [0.717, 1.165) is 99.9 Å². The summed E-state index contributed by atoms with van der Waals surface area (Å²) in [5.74, 6) is 0.492. The Morgan fingerprint density at radius 1 is 0.758 bits per heavy atom. The Kier molecular flexibility index (Phi) is 8.95. The molecule has 8 heteroatoms. The van der Waals surface area contributed by atoms with Gasteiger partial charge in [0.2, 0.25) is 0 Å². The first-order valence-electron chi connectivity index (χ1n) is 12.4. The highest BCUT2D eigenvalue weighted by Crippen LogP contribution is 2.39. The Hall–Kier alpha value is -0.870. The van der Waals surface area contributed by atoms with Crippen LogP contribution in [0, 0.1) is 3.82 Å². The Labute approximate surface area is 211 Å². The number of rotatable bonds is 8. The van der Waals surface area contributed by atoms with Gasteiger partial charge in [0.25, 0.3) is 0 Å². The molecule has 1 N–H and O–H groups in total. The molecule has 2 aliphatic rings. The number of benzene rings is 1. The SMILES string of the molecule is CCc1c(-c2cc(CN3CCN(CC)CC3)c(O)c(CN3CCN(CC)CC3)c2)ssc1=S. The molecule has 182 valence electrons. The molecule has 3 heterocycles. The molecule has 33 heavy (non-hydrogen) atoms. The fourth-order valence-corrected chi connectivity index (χ4v) is 8.06. The molecular weight excluding hydrogens is 469 g/mol. The van der Waals surface area contributed by atoms with Crippen molar-refractivity contribution in [1.82, 2.24) is 19.6 Å². The molecule has 0 bridgehead atoms. The van der Waals surface area contributed by atoms with E-state index in [2.05, 4.69) is 52.5 Å². The van der Waals surface area contributed by atoms with E-state index in [0.29, 0.717) is 5.75 Å². The van der Waals surface area contributed by atoms with Gasteiger partial charge in [0, 0.05) is 76.6 Å². The number of hydrogen-bond acceptors (Lipinski definition) is 8. The van der Waals surface area contributed by atoms with Crippen molar-refractivity contribution in [3.63, 3.8) is 0 Å². The van der Waals surface area contributed by atoms with E-state index in [9.17, 15) is 5.11 Å². The largest absolute Gasteiger partial charge is 0.507 e. The molecule has 4 rings (SSSR count). The van der Waals surface area contributed by atoms with Crippen molar-refractivity contribution in [3.05, 3.63) is 32.6 Å². The first-order valence-corrected chi connectivity index (χ1v) is 14.9. The van der Waals surface area contributed by atoms with Crippen LogP contribution < -0.4 is 0 Å². The minimum Gasteiger partial charge on any atom is -0.507 e. The number of hydrogen-bond donors (Lipinski definition) is 1. The predicted octanol–water partition coefficient (Wildman–Crippen LogP) is 4.75. The summed E-state index contributed by atoms with van der Waals surface area (Å²) in [6, 6.07) is 4.46. The van der Waals surface area contributed by atoms with Crippen LogP contribution in [0.2, 0.25) is 0 Å². The van der Waals surface area contributed by atoms with Gasteiger partial charge in [-0.05, 0) is 42.8 Å². The maximum atomic E-state index is 11.4. The minimum atomic E-state index is 0.492. The lowest BCUT2D eigenvalue weighted by Crippen LogP contribution is -2.45. The van der Waals surface area contributed by atoms with E-state index in [4.69, 9.17) is 12.2 Å². The molecule has 2 fully saturated rings. The zero-order chi connectivity index (χ0) is 23.4. The van der Waals surface area contributed by atoms with E-state index in [1.165, 1.54) is 16.0 Å². The van der Waals surface area contributed by atoms with Crippen LogP contribution in [0.1, 0.15) is 37.5 Å². The molecule has 1 aromatic carbocycles. The number of aromatic hydroxyl groups is 1. The standard InChI is InChI=1S/C25H38N4OS3/c1-4-22-24(32-33-25(22)31)19-15-20(17-28-11-7-26(5-2)8-12-28)23(30)21(16-19)18-29-13-9-27(6-3)10-14-29/h15-16,30H,4-14,17-18H2,1-3H3. The molecule has 0 saturated carbocycles. The van der Waals surface area contributed by atoms with Crippen LogP contribution in [0.4, 0.5) is 0 Å². The van der Waals surface area contributed by atoms with Crippen molar-refractivity contribution >= 4 is 32.9 Å². The summed E-state index contributed by atoms with van der Waals surface area (Å²) >= 11 is 5.62. The monoisotopic (exact) mass is 506 g/mol. The van der Waals surface area contributed by atoms with Crippen LogP contribution >= 0.6 is 32.9 Å². The lowest BCUT2D eigenvalue weighted by Gasteiger charge is -2.35. The predicted molar refractivity (Wildman–Crippen MR) is 144 cm³/mol. The first-order chi connectivity index (χ1) is 16.0. The summed E-state index contributed by atoms with van der Waals surface area (Å²) in [7, 11) is 3.50. The van der Waals surface area contributed by atoms with Crippen molar-refractivity contribution < 1.29 is 5.11 Å². The Morgan fingerprint density at radius 3 is 1.64 bits per heavy atom. The first kappa shape index (κ1) is 25.2. The second kappa shape index (κ2) is 11.7. The summed E-state index contributed by atoms with van der Waals surface area (Å²) < 4.78 is 1.01. The molecule has 2 saturated heterocycles. The summed E-state index contributed by atoms with van der Waals surface area (Å²) in [6.07, 6.45) is 0.956. The molecule has 2 aromatic rings. The molecule has 0 aliphatic carbocycles. The summed E-state index contributed by atoms with van der Waals surface area (Å²) in [5.41, 5.74) is 4.64. The Morgan fingerprint density at radius 2 is 1.21 bits per heavy atom. The lowest BCUT2D eigenvalue weighted by molar-refractivity contribution is 0.128. The van der Waals surface area contributed by atoms with Gasteiger partial charge in [0.05, 0.1) is 4.88 Å². The van der Waals surface area contributed by atoms with Crippen LogP contribution in [0.15, 0.2) is 12.1 Å². The number of phenolic OH excluding ortho intramolecular Hbond substituents is 1. The van der Waals surface area contributed by atoms with Gasteiger partial charge in [-0.3, -0.25) is 9.80 Å². The second-order valence-electron chi connectivity index (χ2n) is 9.18. The molecule has 5 nitrogen and oxygen atoms in total. The van der Waals surface area contributed by atoms with Gasteiger partial charge in [0.15, 0.2) is 0 Å². The number of phenols is 1. The van der Waals surface area contributed by atoms with Crippen molar-refractivity contribution in [1.29, 1.82) is 0 Å². The Bertz CT molecular complexity index is 925. The van der Waals surface area contributed by atoms with Crippen molar-refractivity contribution in [3.8, 4) is 16.2 Å². The van der Waals surface area contributed by atoms with Gasteiger partial charge in [-0.2, -0.15) is 0 Å². The molecule has 1 aromatic heterocycles. The maximum Gasteiger partial charge on any atom is 0.124 e. The van der Waals surface area contributed by atoms with Gasteiger partial charge in [-0.1, -0.05) is 53.7 Å². The van der Waals surface area contributed by atoms with E-state index < -0.39 is 0 Å². The second-order valence-corrected chi connectivity index (χ2v) is 12.0. The molecule has 0 amide bonds. The highest BCUT2D eigenvalue weighted by atomic mass is 32.9.